The first-order chi connectivity index (χ1) is 44.0. The molecule has 5 aliphatic heterocycles. The van der Waals surface area contributed by atoms with Gasteiger partial charge in [-0.3, -0.25) is 24.1 Å². The zero-order valence-electron chi connectivity index (χ0n) is 56.5. The summed E-state index contributed by atoms with van der Waals surface area (Å²) in [5, 5.41) is 14.7. The van der Waals surface area contributed by atoms with Gasteiger partial charge in [0.25, 0.3) is 0 Å². The molecule has 22 heteroatoms. The topological polar surface area (TPSA) is 226 Å². The summed E-state index contributed by atoms with van der Waals surface area (Å²) in [6.45, 7) is 21.9. The van der Waals surface area contributed by atoms with Crippen molar-refractivity contribution in [2.24, 2.45) is 17.1 Å². The van der Waals surface area contributed by atoms with Crippen molar-refractivity contribution in [1.29, 1.82) is 0 Å². The van der Waals surface area contributed by atoms with E-state index in [1.54, 1.807) is 41.2 Å². The van der Waals surface area contributed by atoms with Crippen LogP contribution in [0.1, 0.15) is 147 Å². The van der Waals surface area contributed by atoms with Crippen LogP contribution >= 0.6 is 0 Å². The predicted octanol–water partition coefficient (Wildman–Crippen LogP) is 7.19. The van der Waals surface area contributed by atoms with Gasteiger partial charge in [-0.25, -0.2) is 18.7 Å². The highest BCUT2D eigenvalue weighted by molar-refractivity contribution is 5.87. The average Bonchev–Trinajstić information content (AvgIpc) is 1.39. The summed E-state index contributed by atoms with van der Waals surface area (Å²) in [5.74, 6) is 0.965. The number of benzene rings is 2. The van der Waals surface area contributed by atoms with Gasteiger partial charge >= 0.3 is 0 Å². The van der Waals surface area contributed by atoms with E-state index in [1.807, 2.05) is 20.2 Å². The van der Waals surface area contributed by atoms with E-state index in [1.165, 1.54) is 82.8 Å². The molecule has 2 aliphatic carbocycles. The van der Waals surface area contributed by atoms with Gasteiger partial charge in [0.05, 0.1) is 43.6 Å². The molecule has 2 aromatic carbocycles. The number of rotatable bonds is 21. The first kappa shape index (κ1) is 75.8. The monoisotopic (exact) mass is 1270 g/mol. The molecule has 1 saturated carbocycles. The van der Waals surface area contributed by atoms with Crippen LogP contribution in [0.15, 0.2) is 48.8 Å². The van der Waals surface area contributed by atoms with Crippen molar-refractivity contribution in [3.05, 3.63) is 77.1 Å². The van der Waals surface area contributed by atoms with Gasteiger partial charge in [0.2, 0.25) is 24.1 Å². The molecule has 7 aliphatic rings. The number of likely N-dealkylation sites (N-methyl/N-ethyl adjacent to an activating group) is 2. The number of nitrogens with one attached hydrogen (secondary N) is 5. The molecule has 4 amide bonds. The second kappa shape index (κ2) is 41.6. The molecular formula is C69H114F2N14O6. The summed E-state index contributed by atoms with van der Waals surface area (Å²) >= 11 is 0. The normalized spacial score (nSPS) is 19.6. The van der Waals surface area contributed by atoms with Crippen LogP contribution in [0.2, 0.25) is 0 Å². The van der Waals surface area contributed by atoms with Crippen molar-refractivity contribution in [3.8, 4) is 0 Å². The second-order valence-corrected chi connectivity index (χ2v) is 26.2. The number of aromatic nitrogens is 2. The van der Waals surface area contributed by atoms with Crippen molar-refractivity contribution in [2.75, 3.05) is 154 Å². The van der Waals surface area contributed by atoms with E-state index in [0.717, 1.165) is 109 Å². The number of amides is 4. The maximum Gasteiger partial charge on any atom is 0.241 e. The number of anilines is 3. The van der Waals surface area contributed by atoms with Crippen molar-refractivity contribution >= 4 is 47.7 Å². The van der Waals surface area contributed by atoms with E-state index in [2.05, 4.69) is 107 Å². The molecule has 10 rings (SSSR count). The molecule has 6 heterocycles. The van der Waals surface area contributed by atoms with Crippen LogP contribution in [0.4, 0.5) is 26.1 Å². The van der Waals surface area contributed by atoms with Crippen LogP contribution in [0.3, 0.4) is 0 Å². The van der Waals surface area contributed by atoms with Gasteiger partial charge in [0.1, 0.15) is 35.9 Å². The van der Waals surface area contributed by atoms with Gasteiger partial charge in [0, 0.05) is 96.1 Å². The minimum Gasteiger partial charge on any atom is -0.378 e. The molecule has 91 heavy (non-hydrogen) atoms. The second-order valence-electron chi connectivity index (χ2n) is 26.2. The summed E-state index contributed by atoms with van der Waals surface area (Å²) in [6, 6.07) is 13.1. The molecule has 5 saturated heterocycles. The molecule has 0 radical (unpaired) electrons. The number of halogens is 2. The third-order valence-electron chi connectivity index (χ3n) is 18.5. The number of ether oxygens (including phenoxy) is 1. The predicted molar refractivity (Wildman–Crippen MR) is 361 cm³/mol. The summed E-state index contributed by atoms with van der Waals surface area (Å²) in [6.07, 6.45) is 24.5. The van der Waals surface area contributed by atoms with Crippen molar-refractivity contribution in [3.63, 3.8) is 0 Å². The number of carbonyl (C=O) groups excluding carboxylic acids is 5. The van der Waals surface area contributed by atoms with Crippen LogP contribution in [0, 0.1) is 23.0 Å². The minimum atomic E-state index is -0.540. The Labute approximate surface area is 543 Å². The molecule has 510 valence electrons. The molecule has 3 aromatic rings. The number of aryl methyl sites for hydroxylation is 2. The molecule has 1 aromatic heterocycles. The molecular weight excluding hydrogens is 1160 g/mol. The maximum atomic E-state index is 15.6. The number of likely N-dealkylation sites (tertiary alicyclic amines) is 3. The maximum absolute atomic E-state index is 15.6. The quantitative estimate of drug-likeness (QED) is 0.0459. The molecule has 2 unspecified atom stereocenters. The first-order valence-electron chi connectivity index (χ1n) is 34.0. The number of piperidine rings is 2. The van der Waals surface area contributed by atoms with Crippen LogP contribution in [0.25, 0.3) is 0 Å². The van der Waals surface area contributed by atoms with E-state index in [-0.39, 0.29) is 54.4 Å². The van der Waals surface area contributed by atoms with Crippen molar-refractivity contribution < 1.29 is 37.5 Å². The lowest BCUT2D eigenvalue weighted by molar-refractivity contribution is -0.132. The Balaban J connectivity index is 0.000000324. The van der Waals surface area contributed by atoms with E-state index in [9.17, 15) is 19.2 Å². The lowest BCUT2D eigenvalue weighted by atomic mass is 9.82. The molecule has 6 fully saturated rings. The van der Waals surface area contributed by atoms with Crippen LogP contribution < -0.4 is 42.1 Å². The molecule has 2 atom stereocenters. The van der Waals surface area contributed by atoms with Gasteiger partial charge in [-0.05, 0) is 153 Å². The molecule has 20 nitrogen and oxygen atoms in total. The standard InChI is InChI=1S/C40H61F2N9O3.C10H19N3O2.C10H12.C6H12.C2H7N.CH3NO/c1-4-47(25-31-6-13-48(26-31)12-5-19-52)18-21-54-20-11-43-36-24-37(45-30-44-36)50-16-9-40(10-17-50)29-51(28-38(53)46-40)35-23-33(41)32(22-34(35)42)27-49-14-7-39(2,3)8-15-49;1-8(11-2)10(15)12-7-9(14)13-5-3-4-6-13;1-2-6-10-8-4-3-7-9(10)5-1;1-2-4-6-5-3-1;1-3-2;2-1-3/h19,22-24,30-31H,4-18,20-21,25-29H2,1-3H3,(H,46,53)(H,43,44,45);8,11H,3-7H2,1-2H3,(H,12,15);1-2,5-6H,3-4,7-8H2;1-6H2;3H,1-2H3;1H,(H2,2,3). The largest absolute Gasteiger partial charge is 0.378 e. The number of hydrogen-bond acceptors (Lipinski definition) is 16. The zero-order chi connectivity index (χ0) is 65.9. The minimum absolute atomic E-state index is 0.00648. The van der Waals surface area contributed by atoms with Gasteiger partial charge in [-0.1, -0.05) is 83.6 Å². The third-order valence-corrected chi connectivity index (χ3v) is 18.5. The number of fused-ring (bicyclic) bond motifs is 1. The molecule has 7 N–H and O–H groups in total. The number of carbonyl (C=O) groups is 5. The Morgan fingerprint density at radius 2 is 1.46 bits per heavy atom. The van der Waals surface area contributed by atoms with Gasteiger partial charge < -0.3 is 66.3 Å². The number of hydrogen-bond donors (Lipinski definition) is 6. The number of aldehydes is 1. The van der Waals surface area contributed by atoms with Crippen molar-refractivity contribution in [2.45, 2.75) is 161 Å². The summed E-state index contributed by atoms with van der Waals surface area (Å²) in [7, 11) is 5.46. The summed E-state index contributed by atoms with van der Waals surface area (Å²) in [4.78, 5) is 76.8. The van der Waals surface area contributed by atoms with Crippen LogP contribution in [-0.4, -0.2) is 211 Å². The number of primary amides is 1. The lowest BCUT2D eigenvalue weighted by Gasteiger charge is -2.48. The Morgan fingerprint density at radius 1 is 0.824 bits per heavy atom. The van der Waals surface area contributed by atoms with Gasteiger partial charge in [-0.15, -0.1) is 0 Å². The fourth-order valence-corrected chi connectivity index (χ4v) is 12.8. The van der Waals surface area contributed by atoms with E-state index in [0.29, 0.717) is 76.7 Å². The highest BCUT2D eigenvalue weighted by Gasteiger charge is 2.42. The van der Waals surface area contributed by atoms with Gasteiger partial charge in [0.15, 0.2) is 0 Å². The molecule has 0 bridgehead atoms. The number of nitrogens with two attached hydrogens (primary N) is 1. The average molecular weight is 1270 g/mol. The van der Waals surface area contributed by atoms with Gasteiger partial charge in [-0.2, -0.15) is 0 Å². The van der Waals surface area contributed by atoms with Crippen LogP contribution in [-0.2, 0) is 48.1 Å². The first-order valence-corrected chi connectivity index (χ1v) is 34.0. The smallest absolute Gasteiger partial charge is 0.241 e. The Hall–Kier alpha value is -5.91. The van der Waals surface area contributed by atoms with Crippen LogP contribution in [0.5, 0.6) is 0 Å². The fourth-order valence-electron chi connectivity index (χ4n) is 12.8. The third kappa shape index (κ3) is 27.3. The number of nitrogens with zero attached hydrogens (tertiary/aromatic N) is 8. The summed E-state index contributed by atoms with van der Waals surface area (Å²) in [5.41, 5.74) is 7.58. The number of piperazine rings is 1. The Kier molecular flexibility index (Phi) is 34.7. The highest BCUT2D eigenvalue weighted by atomic mass is 19.1. The van der Waals surface area contributed by atoms with E-state index < -0.39 is 17.2 Å². The Bertz CT molecular complexity index is 2560. The van der Waals surface area contributed by atoms with Crippen molar-refractivity contribution in [1.82, 2.24) is 50.8 Å². The van der Waals surface area contributed by atoms with E-state index in [4.69, 9.17) is 9.53 Å². The highest BCUT2D eigenvalue weighted by Crippen LogP contribution is 2.35. The Morgan fingerprint density at radius 3 is 2.07 bits per heavy atom. The van der Waals surface area contributed by atoms with E-state index >= 15 is 8.78 Å². The zero-order valence-corrected chi connectivity index (χ0v) is 56.5. The SMILES string of the molecule is C1CCCCC1.CCN(CCOCCNc1cc(N2CCC3(CC2)CN(c2cc(F)c(CN4CCC(C)(C)CC4)cc2F)CC(=O)N3)ncn1)CC1CCN(CCC=O)C1.CNC.CNC(C)C(=O)NCC(=O)N1CCCC1.NC=O.c1ccc2c(c1)CCCC2. The fraction of sp³-hybridized carbons (Fsp3) is 0.696. The lowest BCUT2D eigenvalue weighted by Crippen LogP contribution is -2.66. The molecule has 1 spiro atoms. The summed E-state index contributed by atoms with van der Waals surface area (Å²) < 4.78 is 37.0.